The maximum Gasteiger partial charge on any atom is 0.264 e. The number of nitrogens with one attached hydrogen (secondary N) is 1. The monoisotopic (exact) mass is 631 g/mol. The molecule has 1 saturated carbocycles. The summed E-state index contributed by atoms with van der Waals surface area (Å²) in [6.45, 7) is 3.38. The molecule has 1 unspecified atom stereocenters. The van der Waals surface area contributed by atoms with E-state index in [1.807, 2.05) is 6.92 Å². The fraction of sp³-hybridized carbons (Fsp3) is 0.355. The molecule has 0 spiro atoms. The zero-order valence-electron chi connectivity index (χ0n) is 23.6. The van der Waals surface area contributed by atoms with E-state index in [0.29, 0.717) is 28.0 Å². The Hall–Kier alpha value is -3.27. The summed E-state index contributed by atoms with van der Waals surface area (Å²) in [5.74, 6) is -0.303. The van der Waals surface area contributed by atoms with Gasteiger partial charge in [-0.1, -0.05) is 60.3 Å². The standard InChI is InChI=1S/C31H35Cl2N3O5S/c1-3-41-27-17-15-26(16-18-27)36(42(39,40)28-11-5-4-6-12-28)21-30(37)35(20-23-13-14-24(32)19-29(23)33)22(2)31(38)34-25-9-7-8-10-25/h4-6,11-19,22,25H,3,7-10,20-21H2,1-2H3,(H,34,38). The molecule has 11 heteroatoms. The van der Waals surface area contributed by atoms with Crippen LogP contribution in [0.3, 0.4) is 0 Å². The number of hydrogen-bond donors (Lipinski definition) is 1. The second kappa shape index (κ2) is 14.3. The quantitative estimate of drug-likeness (QED) is 0.262. The number of carbonyl (C=O) groups excluding carboxylic acids is 2. The Morgan fingerprint density at radius 3 is 2.29 bits per heavy atom. The van der Waals surface area contributed by atoms with Crippen LogP contribution in [0.5, 0.6) is 5.75 Å². The van der Waals surface area contributed by atoms with E-state index < -0.39 is 28.5 Å². The lowest BCUT2D eigenvalue weighted by Crippen LogP contribution is -2.52. The van der Waals surface area contributed by atoms with Crippen molar-refractivity contribution in [2.75, 3.05) is 17.5 Å². The molecule has 4 rings (SSSR count). The van der Waals surface area contributed by atoms with E-state index in [-0.39, 0.29) is 29.1 Å². The topological polar surface area (TPSA) is 96.0 Å². The minimum Gasteiger partial charge on any atom is -0.494 e. The van der Waals surface area contributed by atoms with Crippen molar-refractivity contribution in [1.29, 1.82) is 0 Å². The van der Waals surface area contributed by atoms with Gasteiger partial charge in [-0.25, -0.2) is 8.42 Å². The van der Waals surface area contributed by atoms with Crippen LogP contribution >= 0.6 is 23.2 Å². The molecule has 0 heterocycles. The van der Waals surface area contributed by atoms with E-state index in [1.165, 1.54) is 17.0 Å². The smallest absolute Gasteiger partial charge is 0.264 e. The van der Waals surface area contributed by atoms with Gasteiger partial charge in [-0.05, 0) is 80.8 Å². The van der Waals surface area contributed by atoms with Crippen molar-refractivity contribution in [3.05, 3.63) is 88.4 Å². The van der Waals surface area contributed by atoms with Crippen LogP contribution in [0.2, 0.25) is 10.0 Å². The fourth-order valence-corrected chi connectivity index (χ4v) is 6.84. The Kier molecular flexibility index (Phi) is 10.8. The van der Waals surface area contributed by atoms with Crippen molar-refractivity contribution in [1.82, 2.24) is 10.2 Å². The third-order valence-electron chi connectivity index (χ3n) is 7.27. The van der Waals surface area contributed by atoms with Crippen LogP contribution in [0, 0.1) is 0 Å². The van der Waals surface area contributed by atoms with Crippen molar-refractivity contribution in [3.8, 4) is 5.75 Å². The molecule has 1 aliphatic rings. The van der Waals surface area contributed by atoms with Crippen molar-refractivity contribution >= 4 is 50.7 Å². The third-order valence-corrected chi connectivity index (χ3v) is 9.65. The van der Waals surface area contributed by atoms with Gasteiger partial charge < -0.3 is 15.0 Å². The molecule has 1 N–H and O–H groups in total. The predicted molar refractivity (Wildman–Crippen MR) is 165 cm³/mol. The molecule has 3 aromatic rings. The van der Waals surface area contributed by atoms with E-state index >= 15 is 0 Å². The molecular formula is C31H35Cl2N3O5S. The Labute approximate surface area is 257 Å². The van der Waals surface area contributed by atoms with Gasteiger partial charge in [-0.15, -0.1) is 0 Å². The molecule has 0 radical (unpaired) electrons. The molecule has 1 aliphatic carbocycles. The van der Waals surface area contributed by atoms with Gasteiger partial charge in [0.15, 0.2) is 0 Å². The number of sulfonamides is 1. The first-order chi connectivity index (χ1) is 20.1. The number of carbonyl (C=O) groups is 2. The minimum atomic E-state index is -4.16. The van der Waals surface area contributed by atoms with Crippen molar-refractivity contribution in [3.63, 3.8) is 0 Å². The lowest BCUT2D eigenvalue weighted by Gasteiger charge is -2.32. The van der Waals surface area contributed by atoms with Gasteiger partial charge in [0.25, 0.3) is 10.0 Å². The maximum absolute atomic E-state index is 14.1. The van der Waals surface area contributed by atoms with Gasteiger partial charge in [-0.2, -0.15) is 0 Å². The molecule has 0 aliphatic heterocycles. The second-order valence-electron chi connectivity index (χ2n) is 10.2. The summed E-state index contributed by atoms with van der Waals surface area (Å²) in [4.78, 5) is 28.8. The summed E-state index contributed by atoms with van der Waals surface area (Å²) in [5.41, 5.74) is 0.858. The summed E-state index contributed by atoms with van der Waals surface area (Å²) in [6.07, 6.45) is 3.85. The highest BCUT2D eigenvalue weighted by atomic mass is 35.5. The molecule has 8 nitrogen and oxygen atoms in total. The number of hydrogen-bond acceptors (Lipinski definition) is 5. The van der Waals surface area contributed by atoms with Gasteiger partial charge in [0.05, 0.1) is 17.2 Å². The van der Waals surface area contributed by atoms with E-state index in [4.69, 9.17) is 27.9 Å². The SMILES string of the molecule is CCOc1ccc(N(CC(=O)N(Cc2ccc(Cl)cc2Cl)C(C)C(=O)NC2CCCC2)S(=O)(=O)c2ccccc2)cc1. The third kappa shape index (κ3) is 7.76. The summed E-state index contributed by atoms with van der Waals surface area (Å²) in [7, 11) is -4.16. The fourth-order valence-electron chi connectivity index (χ4n) is 4.93. The summed E-state index contributed by atoms with van der Waals surface area (Å²) in [6, 6.07) is 18.5. The van der Waals surface area contributed by atoms with Crippen LogP contribution in [0.4, 0.5) is 5.69 Å². The molecule has 0 bridgehead atoms. The van der Waals surface area contributed by atoms with Crippen molar-refractivity contribution < 1.29 is 22.7 Å². The number of halogens is 2. The molecule has 2 amide bonds. The van der Waals surface area contributed by atoms with Crippen LogP contribution in [0.15, 0.2) is 77.7 Å². The van der Waals surface area contributed by atoms with E-state index in [0.717, 1.165) is 30.0 Å². The largest absolute Gasteiger partial charge is 0.494 e. The number of rotatable bonds is 12. The molecule has 224 valence electrons. The highest BCUT2D eigenvalue weighted by Gasteiger charge is 2.33. The first-order valence-electron chi connectivity index (χ1n) is 13.9. The van der Waals surface area contributed by atoms with Crippen molar-refractivity contribution in [2.45, 2.75) is 63.1 Å². The summed E-state index contributed by atoms with van der Waals surface area (Å²) in [5, 5.41) is 3.82. The molecule has 0 saturated heterocycles. The maximum atomic E-state index is 14.1. The lowest BCUT2D eigenvalue weighted by atomic mass is 10.1. The number of nitrogens with zero attached hydrogens (tertiary/aromatic N) is 2. The summed E-state index contributed by atoms with van der Waals surface area (Å²) < 4.78 is 34.4. The number of benzene rings is 3. The Balaban J connectivity index is 1.69. The van der Waals surface area contributed by atoms with Crippen LogP contribution in [0.1, 0.15) is 45.1 Å². The van der Waals surface area contributed by atoms with Crippen molar-refractivity contribution in [2.24, 2.45) is 0 Å². The highest BCUT2D eigenvalue weighted by molar-refractivity contribution is 7.92. The van der Waals surface area contributed by atoms with Gasteiger partial charge >= 0.3 is 0 Å². The Morgan fingerprint density at radius 2 is 1.67 bits per heavy atom. The van der Waals surface area contributed by atoms with Gasteiger partial charge in [-0.3, -0.25) is 13.9 Å². The first kappa shape index (κ1) is 31.7. The van der Waals surface area contributed by atoms with Gasteiger partial charge in [0.1, 0.15) is 18.3 Å². The normalized spacial score (nSPS) is 14.3. The molecule has 42 heavy (non-hydrogen) atoms. The van der Waals surface area contributed by atoms with Crippen LogP contribution in [0.25, 0.3) is 0 Å². The number of amides is 2. The first-order valence-corrected chi connectivity index (χ1v) is 16.1. The number of anilines is 1. The van der Waals surface area contributed by atoms with E-state index in [9.17, 15) is 18.0 Å². The van der Waals surface area contributed by atoms with Gasteiger partial charge in [0, 0.05) is 22.6 Å². The minimum absolute atomic E-state index is 0.0173. The average molecular weight is 633 g/mol. The zero-order valence-corrected chi connectivity index (χ0v) is 26.0. The zero-order chi connectivity index (χ0) is 30.3. The molecule has 1 atom stereocenters. The van der Waals surface area contributed by atoms with Gasteiger partial charge in [0.2, 0.25) is 11.8 Å². The number of ether oxygens (including phenoxy) is 1. The average Bonchev–Trinajstić information content (AvgIpc) is 3.49. The van der Waals surface area contributed by atoms with E-state index in [1.54, 1.807) is 67.6 Å². The van der Waals surface area contributed by atoms with Crippen LogP contribution in [-0.4, -0.2) is 50.4 Å². The molecule has 1 fully saturated rings. The second-order valence-corrected chi connectivity index (χ2v) is 12.9. The summed E-state index contributed by atoms with van der Waals surface area (Å²) >= 11 is 12.5. The molecule has 3 aromatic carbocycles. The van der Waals surface area contributed by atoms with Crippen LogP contribution < -0.4 is 14.4 Å². The van der Waals surface area contributed by atoms with E-state index in [2.05, 4.69) is 5.32 Å². The Bertz CT molecular complexity index is 1480. The lowest BCUT2D eigenvalue weighted by molar-refractivity contribution is -0.139. The molecule has 0 aromatic heterocycles. The predicted octanol–water partition coefficient (Wildman–Crippen LogP) is 6.06. The molecular weight excluding hydrogens is 597 g/mol. The highest BCUT2D eigenvalue weighted by Crippen LogP contribution is 2.28. The van der Waals surface area contributed by atoms with Crippen LogP contribution in [-0.2, 0) is 26.2 Å². The Morgan fingerprint density at radius 1 is 1.00 bits per heavy atom.